The Hall–Kier alpha value is -1.04. The maximum Gasteiger partial charge on any atom is 0.166 e. The van der Waals surface area contributed by atoms with Gasteiger partial charge in [-0.3, -0.25) is 4.98 Å². The van der Waals surface area contributed by atoms with Crippen molar-refractivity contribution in [3.05, 3.63) is 28.4 Å². The van der Waals surface area contributed by atoms with Gasteiger partial charge in [0.15, 0.2) is 5.01 Å². The number of hydrogen-bond acceptors (Lipinski definition) is 5. The number of rotatable bonds is 3. The molecule has 1 N–H and O–H groups in total. The maximum atomic E-state index is 5.80. The molecule has 2 aromatic heterocycles. The number of nitrogens with one attached hydrogen (secondary N) is 1. The quantitative estimate of drug-likeness (QED) is 0.940. The summed E-state index contributed by atoms with van der Waals surface area (Å²) in [6, 6.07) is 3.65. The van der Waals surface area contributed by atoms with Crippen LogP contribution in [0.5, 0.6) is 0 Å². The smallest absolute Gasteiger partial charge is 0.166 e. The van der Waals surface area contributed by atoms with E-state index < -0.39 is 0 Å². The van der Waals surface area contributed by atoms with Gasteiger partial charge in [-0.15, -0.1) is 10.2 Å². The Balaban J connectivity index is 2.08. The highest BCUT2D eigenvalue weighted by Crippen LogP contribution is 2.22. The molecule has 0 aromatic carbocycles. The van der Waals surface area contributed by atoms with Gasteiger partial charge in [0.25, 0.3) is 0 Å². The molecule has 6 heteroatoms. The molecule has 0 spiro atoms. The molecule has 0 bridgehead atoms. The third-order valence-corrected chi connectivity index (χ3v) is 3.35. The monoisotopic (exact) mass is 282 g/mol. The SMILES string of the molecule is CC(C)(C)NCc1nnc(-c2ccc(Cl)cn2)s1. The van der Waals surface area contributed by atoms with Crippen molar-refractivity contribution in [2.24, 2.45) is 0 Å². The van der Waals surface area contributed by atoms with Crippen LogP contribution in [0.3, 0.4) is 0 Å². The molecule has 0 unspecified atom stereocenters. The van der Waals surface area contributed by atoms with Gasteiger partial charge < -0.3 is 5.32 Å². The van der Waals surface area contributed by atoms with Crippen molar-refractivity contribution in [1.29, 1.82) is 0 Å². The Labute approximate surface area is 115 Å². The summed E-state index contributed by atoms with van der Waals surface area (Å²) >= 11 is 7.34. The van der Waals surface area contributed by atoms with E-state index in [1.807, 2.05) is 6.07 Å². The maximum absolute atomic E-state index is 5.80. The number of halogens is 1. The first-order valence-corrected chi connectivity index (χ1v) is 6.83. The Morgan fingerprint density at radius 2 is 2.06 bits per heavy atom. The molecule has 2 aromatic rings. The molecule has 0 aliphatic rings. The third kappa shape index (κ3) is 3.73. The molecular weight excluding hydrogens is 268 g/mol. The summed E-state index contributed by atoms with van der Waals surface area (Å²) in [7, 11) is 0. The van der Waals surface area contributed by atoms with Crippen LogP contribution in [0.15, 0.2) is 18.3 Å². The van der Waals surface area contributed by atoms with Crippen molar-refractivity contribution in [3.63, 3.8) is 0 Å². The highest BCUT2D eigenvalue weighted by molar-refractivity contribution is 7.14. The Morgan fingerprint density at radius 3 is 2.67 bits per heavy atom. The zero-order valence-electron chi connectivity index (χ0n) is 10.6. The first-order valence-electron chi connectivity index (χ1n) is 5.63. The number of pyridine rings is 1. The van der Waals surface area contributed by atoms with Crippen LogP contribution in [0.2, 0.25) is 5.02 Å². The second kappa shape index (κ2) is 5.30. The fourth-order valence-electron chi connectivity index (χ4n) is 1.27. The molecule has 18 heavy (non-hydrogen) atoms. The molecule has 0 fully saturated rings. The molecule has 0 atom stereocenters. The zero-order chi connectivity index (χ0) is 13.2. The highest BCUT2D eigenvalue weighted by atomic mass is 35.5. The summed E-state index contributed by atoms with van der Waals surface area (Å²) in [6.45, 7) is 7.08. The summed E-state index contributed by atoms with van der Waals surface area (Å²) in [5.74, 6) is 0. The van der Waals surface area contributed by atoms with E-state index in [4.69, 9.17) is 11.6 Å². The van der Waals surface area contributed by atoms with Crippen LogP contribution in [0, 0.1) is 0 Å². The lowest BCUT2D eigenvalue weighted by molar-refractivity contribution is 0.423. The molecule has 0 radical (unpaired) electrons. The van der Waals surface area contributed by atoms with Crippen LogP contribution in [-0.2, 0) is 6.54 Å². The Kier molecular flexibility index (Phi) is 3.94. The number of aromatic nitrogens is 3. The Morgan fingerprint density at radius 1 is 1.28 bits per heavy atom. The first-order chi connectivity index (χ1) is 8.44. The van der Waals surface area contributed by atoms with Gasteiger partial charge >= 0.3 is 0 Å². The van der Waals surface area contributed by atoms with E-state index in [0.29, 0.717) is 5.02 Å². The molecule has 2 heterocycles. The van der Waals surface area contributed by atoms with E-state index in [-0.39, 0.29) is 5.54 Å². The van der Waals surface area contributed by atoms with Gasteiger partial charge in [0, 0.05) is 11.7 Å². The van der Waals surface area contributed by atoms with E-state index >= 15 is 0 Å². The van der Waals surface area contributed by atoms with Crippen molar-refractivity contribution in [3.8, 4) is 10.7 Å². The van der Waals surface area contributed by atoms with Crippen LogP contribution >= 0.6 is 22.9 Å². The van der Waals surface area contributed by atoms with Crippen LogP contribution in [0.1, 0.15) is 25.8 Å². The lowest BCUT2D eigenvalue weighted by Crippen LogP contribution is -2.35. The van der Waals surface area contributed by atoms with E-state index in [2.05, 4.69) is 41.3 Å². The van der Waals surface area contributed by atoms with Gasteiger partial charge in [-0.25, -0.2) is 0 Å². The predicted molar refractivity (Wildman–Crippen MR) is 74.7 cm³/mol. The average Bonchev–Trinajstić information content (AvgIpc) is 2.75. The fraction of sp³-hybridized carbons (Fsp3) is 0.417. The summed E-state index contributed by atoms with van der Waals surface area (Å²) in [4.78, 5) is 4.23. The molecule has 0 aliphatic heterocycles. The van der Waals surface area contributed by atoms with Crippen LogP contribution in [0.25, 0.3) is 10.7 Å². The third-order valence-electron chi connectivity index (χ3n) is 2.18. The second-order valence-corrected chi connectivity index (χ2v) is 6.46. The lowest BCUT2D eigenvalue weighted by Gasteiger charge is -2.19. The molecular formula is C12H15ClN4S. The van der Waals surface area contributed by atoms with Gasteiger partial charge in [-0.2, -0.15) is 0 Å². The lowest BCUT2D eigenvalue weighted by atomic mass is 10.1. The fourth-order valence-corrected chi connectivity index (χ4v) is 2.14. The largest absolute Gasteiger partial charge is 0.306 e. The van der Waals surface area contributed by atoms with Crippen molar-refractivity contribution in [2.45, 2.75) is 32.9 Å². The second-order valence-electron chi connectivity index (χ2n) is 4.97. The minimum absolute atomic E-state index is 0.0738. The van der Waals surface area contributed by atoms with Crippen LogP contribution in [0.4, 0.5) is 0 Å². The van der Waals surface area contributed by atoms with E-state index in [1.165, 1.54) is 0 Å². The van der Waals surface area contributed by atoms with E-state index in [0.717, 1.165) is 22.3 Å². The average molecular weight is 283 g/mol. The van der Waals surface area contributed by atoms with Crippen LogP contribution < -0.4 is 5.32 Å². The van der Waals surface area contributed by atoms with E-state index in [1.54, 1.807) is 23.6 Å². The van der Waals surface area contributed by atoms with Gasteiger partial charge in [0.1, 0.15) is 10.7 Å². The number of nitrogens with zero attached hydrogens (tertiary/aromatic N) is 3. The van der Waals surface area contributed by atoms with Gasteiger partial charge in [-0.05, 0) is 32.9 Å². The number of hydrogen-bond donors (Lipinski definition) is 1. The minimum atomic E-state index is 0.0738. The molecule has 0 saturated carbocycles. The summed E-state index contributed by atoms with van der Waals surface area (Å²) < 4.78 is 0. The first kappa shape index (κ1) is 13.4. The highest BCUT2D eigenvalue weighted by Gasteiger charge is 2.12. The topological polar surface area (TPSA) is 50.7 Å². The minimum Gasteiger partial charge on any atom is -0.306 e. The van der Waals surface area contributed by atoms with Gasteiger partial charge in [0.2, 0.25) is 0 Å². The molecule has 0 saturated heterocycles. The normalized spacial score (nSPS) is 11.8. The van der Waals surface area contributed by atoms with Crippen molar-refractivity contribution >= 4 is 22.9 Å². The van der Waals surface area contributed by atoms with Crippen molar-refractivity contribution < 1.29 is 0 Å². The summed E-state index contributed by atoms with van der Waals surface area (Å²) in [5, 5.41) is 14.1. The van der Waals surface area contributed by atoms with Gasteiger partial charge in [0.05, 0.1) is 11.6 Å². The molecule has 4 nitrogen and oxygen atoms in total. The summed E-state index contributed by atoms with van der Waals surface area (Å²) in [5.41, 5.74) is 0.878. The van der Waals surface area contributed by atoms with Crippen molar-refractivity contribution in [1.82, 2.24) is 20.5 Å². The predicted octanol–water partition coefficient (Wildman–Crippen LogP) is 3.14. The van der Waals surface area contributed by atoms with Crippen LogP contribution in [-0.4, -0.2) is 20.7 Å². The van der Waals surface area contributed by atoms with Gasteiger partial charge in [-0.1, -0.05) is 22.9 Å². The Bertz CT molecular complexity index is 516. The molecule has 96 valence electrons. The zero-order valence-corrected chi connectivity index (χ0v) is 12.1. The van der Waals surface area contributed by atoms with E-state index in [9.17, 15) is 0 Å². The standard InChI is InChI=1S/C12H15ClN4S/c1-12(2,3)15-7-10-16-17-11(18-10)9-5-4-8(13)6-14-9/h4-6,15H,7H2,1-3H3. The molecule has 2 rings (SSSR count). The summed E-state index contributed by atoms with van der Waals surface area (Å²) in [6.07, 6.45) is 1.62. The molecule has 0 amide bonds. The van der Waals surface area contributed by atoms with Crippen molar-refractivity contribution in [2.75, 3.05) is 0 Å². The molecule has 0 aliphatic carbocycles.